The van der Waals surface area contributed by atoms with Crippen LogP contribution >= 0.6 is 0 Å². The van der Waals surface area contributed by atoms with E-state index in [1.54, 1.807) is 20.0 Å². The number of carbonyl (C=O) groups is 2. The molecule has 1 heterocycles. The Hall–Kier alpha value is -2.70. The molecule has 0 spiro atoms. The van der Waals surface area contributed by atoms with Gasteiger partial charge in [-0.3, -0.25) is 9.59 Å². The number of rotatable bonds is 6. The highest BCUT2D eigenvalue weighted by molar-refractivity contribution is 5.97. The minimum absolute atomic E-state index is 0.113. The number of likely N-dealkylation sites (N-methyl/N-ethyl adjacent to an activating group) is 1. The number of nitrogens with one attached hydrogen (secondary N) is 1. The Labute approximate surface area is 146 Å². The summed E-state index contributed by atoms with van der Waals surface area (Å²) in [6, 6.07) is 6.24. The minimum Gasteiger partial charge on any atom is -0.361 e. The first-order valence-electron chi connectivity index (χ1n) is 8.01. The van der Waals surface area contributed by atoms with Gasteiger partial charge in [0.15, 0.2) is 0 Å². The fourth-order valence-electron chi connectivity index (χ4n) is 2.39. The number of aromatic nitrogens is 1. The molecule has 0 aliphatic heterocycles. The standard InChI is InChI=1S/C18H22FN3O3/c1-11(2)16(20-17(23)13-5-7-14(19)8-6-13)18(24)22(4)10-15-9-12(3)25-21-15/h5-9,11,16H,10H2,1-4H3,(H,20,23). The molecule has 0 aliphatic rings. The number of nitrogens with zero attached hydrogens (tertiary/aromatic N) is 2. The molecule has 1 atom stereocenters. The molecule has 25 heavy (non-hydrogen) atoms. The summed E-state index contributed by atoms with van der Waals surface area (Å²) in [6.07, 6.45) is 0. The van der Waals surface area contributed by atoms with E-state index in [1.807, 2.05) is 13.8 Å². The molecule has 0 aliphatic carbocycles. The molecule has 1 aromatic heterocycles. The summed E-state index contributed by atoms with van der Waals surface area (Å²) >= 11 is 0. The first kappa shape index (κ1) is 18.6. The van der Waals surface area contributed by atoms with Crippen molar-refractivity contribution in [2.45, 2.75) is 33.4 Å². The summed E-state index contributed by atoms with van der Waals surface area (Å²) in [6.45, 7) is 5.76. The Morgan fingerprint density at radius 1 is 1.28 bits per heavy atom. The molecule has 1 N–H and O–H groups in total. The van der Waals surface area contributed by atoms with Gasteiger partial charge in [0.1, 0.15) is 23.3 Å². The van der Waals surface area contributed by atoms with Crippen LogP contribution in [-0.2, 0) is 11.3 Å². The monoisotopic (exact) mass is 347 g/mol. The van der Waals surface area contributed by atoms with E-state index in [1.165, 1.54) is 29.2 Å². The molecule has 0 saturated heterocycles. The molecule has 0 saturated carbocycles. The quantitative estimate of drug-likeness (QED) is 0.871. The fraction of sp³-hybridized carbons (Fsp3) is 0.389. The van der Waals surface area contributed by atoms with Crippen molar-refractivity contribution in [2.75, 3.05) is 7.05 Å². The van der Waals surface area contributed by atoms with Crippen LogP contribution in [0, 0.1) is 18.7 Å². The number of aryl methyl sites for hydroxylation is 1. The van der Waals surface area contributed by atoms with Crippen LogP contribution in [0.1, 0.15) is 35.7 Å². The van der Waals surface area contributed by atoms with Crippen molar-refractivity contribution in [3.63, 3.8) is 0 Å². The summed E-state index contributed by atoms with van der Waals surface area (Å²) in [7, 11) is 1.64. The van der Waals surface area contributed by atoms with Gasteiger partial charge in [0, 0.05) is 18.7 Å². The third-order valence-corrected chi connectivity index (χ3v) is 3.78. The lowest BCUT2D eigenvalue weighted by Crippen LogP contribution is -2.50. The average molecular weight is 347 g/mol. The second-order valence-corrected chi connectivity index (χ2v) is 6.33. The SMILES string of the molecule is Cc1cc(CN(C)C(=O)C(NC(=O)c2ccc(F)cc2)C(C)C)no1. The van der Waals surface area contributed by atoms with Gasteiger partial charge in [-0.05, 0) is 37.1 Å². The van der Waals surface area contributed by atoms with Gasteiger partial charge in [0.25, 0.3) is 5.91 Å². The van der Waals surface area contributed by atoms with Gasteiger partial charge < -0.3 is 14.7 Å². The highest BCUT2D eigenvalue weighted by Gasteiger charge is 2.27. The summed E-state index contributed by atoms with van der Waals surface area (Å²) in [5, 5.41) is 6.59. The molecule has 6 nitrogen and oxygen atoms in total. The molecule has 1 aromatic carbocycles. The lowest BCUT2D eigenvalue weighted by Gasteiger charge is -2.26. The smallest absolute Gasteiger partial charge is 0.251 e. The molecule has 2 aromatic rings. The minimum atomic E-state index is -0.699. The van der Waals surface area contributed by atoms with Crippen LogP contribution in [0.4, 0.5) is 4.39 Å². The summed E-state index contributed by atoms with van der Waals surface area (Å²) in [5.41, 5.74) is 0.940. The second kappa shape index (κ2) is 7.92. The van der Waals surface area contributed by atoms with E-state index >= 15 is 0 Å². The molecule has 0 radical (unpaired) electrons. The van der Waals surface area contributed by atoms with Crippen LogP contribution in [0.3, 0.4) is 0 Å². The highest BCUT2D eigenvalue weighted by Crippen LogP contribution is 2.11. The molecule has 0 bridgehead atoms. The van der Waals surface area contributed by atoms with E-state index in [2.05, 4.69) is 10.5 Å². The van der Waals surface area contributed by atoms with Crippen molar-refractivity contribution in [3.05, 3.63) is 53.2 Å². The Kier molecular flexibility index (Phi) is 5.90. The molecule has 1 unspecified atom stereocenters. The van der Waals surface area contributed by atoms with Gasteiger partial charge in [0.2, 0.25) is 5.91 Å². The molecule has 0 fully saturated rings. The highest BCUT2D eigenvalue weighted by atomic mass is 19.1. The van der Waals surface area contributed by atoms with Crippen LogP contribution < -0.4 is 5.32 Å². The third kappa shape index (κ3) is 4.89. The predicted molar refractivity (Wildman–Crippen MR) is 90.2 cm³/mol. The Morgan fingerprint density at radius 2 is 1.92 bits per heavy atom. The zero-order chi connectivity index (χ0) is 18.6. The predicted octanol–water partition coefficient (Wildman–Crippen LogP) is 2.54. The lowest BCUT2D eigenvalue weighted by atomic mass is 10.0. The zero-order valence-corrected chi connectivity index (χ0v) is 14.7. The van der Waals surface area contributed by atoms with E-state index in [-0.39, 0.29) is 18.4 Å². The number of halogens is 1. The van der Waals surface area contributed by atoms with E-state index in [9.17, 15) is 14.0 Å². The van der Waals surface area contributed by atoms with Crippen molar-refractivity contribution in [3.8, 4) is 0 Å². The summed E-state index contributed by atoms with van der Waals surface area (Å²) in [5.74, 6) is -0.515. The third-order valence-electron chi connectivity index (χ3n) is 3.78. The molecule has 2 rings (SSSR count). The summed E-state index contributed by atoms with van der Waals surface area (Å²) in [4.78, 5) is 26.5. The first-order chi connectivity index (χ1) is 11.8. The second-order valence-electron chi connectivity index (χ2n) is 6.33. The number of hydrogen-bond acceptors (Lipinski definition) is 4. The van der Waals surface area contributed by atoms with Gasteiger partial charge in [-0.2, -0.15) is 0 Å². The maximum absolute atomic E-state index is 13.0. The molecule has 134 valence electrons. The first-order valence-corrected chi connectivity index (χ1v) is 8.01. The number of hydrogen-bond donors (Lipinski definition) is 1. The van der Waals surface area contributed by atoms with Crippen LogP contribution in [0.15, 0.2) is 34.9 Å². The van der Waals surface area contributed by atoms with Gasteiger partial charge >= 0.3 is 0 Å². The van der Waals surface area contributed by atoms with Crippen molar-refractivity contribution < 1.29 is 18.5 Å². The maximum atomic E-state index is 13.0. The van der Waals surface area contributed by atoms with Crippen LogP contribution in [0.2, 0.25) is 0 Å². The van der Waals surface area contributed by atoms with E-state index in [0.29, 0.717) is 17.0 Å². The molecule has 2 amide bonds. The largest absolute Gasteiger partial charge is 0.361 e. The van der Waals surface area contributed by atoms with Gasteiger partial charge in [0.05, 0.1) is 6.54 Å². The van der Waals surface area contributed by atoms with E-state index in [0.717, 1.165) is 0 Å². The Balaban J connectivity index is 2.06. The van der Waals surface area contributed by atoms with Crippen LogP contribution in [-0.4, -0.2) is 35.0 Å². The normalized spacial score (nSPS) is 12.1. The lowest BCUT2D eigenvalue weighted by molar-refractivity contribution is -0.133. The molecular weight excluding hydrogens is 325 g/mol. The number of carbonyl (C=O) groups excluding carboxylic acids is 2. The molecular formula is C18H22FN3O3. The van der Waals surface area contributed by atoms with Gasteiger partial charge in [-0.15, -0.1) is 0 Å². The maximum Gasteiger partial charge on any atom is 0.251 e. The van der Waals surface area contributed by atoms with Crippen LogP contribution in [0.25, 0.3) is 0 Å². The van der Waals surface area contributed by atoms with Crippen molar-refractivity contribution >= 4 is 11.8 Å². The van der Waals surface area contributed by atoms with Crippen LogP contribution in [0.5, 0.6) is 0 Å². The van der Waals surface area contributed by atoms with Crippen molar-refractivity contribution in [2.24, 2.45) is 5.92 Å². The Bertz CT molecular complexity index is 740. The zero-order valence-electron chi connectivity index (χ0n) is 14.7. The van der Waals surface area contributed by atoms with E-state index in [4.69, 9.17) is 4.52 Å². The number of benzene rings is 1. The van der Waals surface area contributed by atoms with Gasteiger partial charge in [-0.1, -0.05) is 19.0 Å². The fourth-order valence-corrected chi connectivity index (χ4v) is 2.39. The number of amides is 2. The summed E-state index contributed by atoms with van der Waals surface area (Å²) < 4.78 is 18.0. The average Bonchev–Trinajstić information content (AvgIpc) is 2.97. The van der Waals surface area contributed by atoms with Crippen molar-refractivity contribution in [1.82, 2.24) is 15.4 Å². The van der Waals surface area contributed by atoms with Gasteiger partial charge in [-0.25, -0.2) is 4.39 Å². The Morgan fingerprint density at radius 3 is 2.44 bits per heavy atom. The molecule has 7 heteroatoms. The topological polar surface area (TPSA) is 75.4 Å². The van der Waals surface area contributed by atoms with Crippen molar-refractivity contribution in [1.29, 1.82) is 0 Å². The van der Waals surface area contributed by atoms with E-state index < -0.39 is 17.8 Å².